The van der Waals surface area contributed by atoms with Crippen molar-refractivity contribution in [1.82, 2.24) is 10.8 Å². The molecule has 0 atom stereocenters. The second kappa shape index (κ2) is 12.7. The van der Waals surface area contributed by atoms with E-state index in [2.05, 4.69) is 50.0 Å². The Balaban J connectivity index is 2.25. The molecule has 1 aliphatic heterocycles. The lowest BCUT2D eigenvalue weighted by atomic mass is 10.1. The molecule has 1 aromatic rings. The molecule has 2 amide bonds. The van der Waals surface area contributed by atoms with Crippen LogP contribution in [0.1, 0.15) is 36.7 Å². The maximum absolute atomic E-state index is 15.0. The number of hydroxylamine groups is 1. The minimum absolute atomic E-state index is 0.00587. The summed E-state index contributed by atoms with van der Waals surface area (Å²) in [5, 5.41) is 4.51. The molecule has 36 heavy (non-hydrogen) atoms. The predicted molar refractivity (Wildman–Crippen MR) is 142 cm³/mol. The summed E-state index contributed by atoms with van der Waals surface area (Å²) in [4.78, 5) is 39.8. The van der Waals surface area contributed by atoms with E-state index in [9.17, 15) is 23.2 Å². The number of anilines is 1. The van der Waals surface area contributed by atoms with Crippen molar-refractivity contribution in [3.63, 3.8) is 0 Å². The summed E-state index contributed by atoms with van der Waals surface area (Å²) in [5.41, 5.74) is 0.608. The van der Waals surface area contributed by atoms with E-state index < -0.39 is 81.7 Å². The molecule has 198 valence electrons. The molecule has 0 saturated heterocycles. The van der Waals surface area contributed by atoms with Crippen LogP contribution >= 0.6 is 20.7 Å². The van der Waals surface area contributed by atoms with Gasteiger partial charge in [0, 0.05) is 16.1 Å². The van der Waals surface area contributed by atoms with Gasteiger partial charge in [-0.25, -0.2) is 18.7 Å². The van der Waals surface area contributed by atoms with Crippen LogP contribution in [-0.4, -0.2) is 43.6 Å². The summed E-state index contributed by atoms with van der Waals surface area (Å²) in [7, 11) is -2.03. The third kappa shape index (κ3) is 7.82. The van der Waals surface area contributed by atoms with Crippen LogP contribution in [0, 0.1) is 11.6 Å². The number of nitrogens with one attached hydrogen (secondary N) is 3. The molecule has 0 spiro atoms. The zero-order chi connectivity index (χ0) is 27.1. The first-order valence-corrected chi connectivity index (χ1v) is 16.3. The SMILES string of the molecule is CC(C)(C)[Si](C)(C)OCCONC(=O)c1cc(CNC(=O)C=O)c(F)c(F)c1NC1=C(F)C=IC=C1. The molecular formula is C23H29F3IN3O5Si. The van der Waals surface area contributed by atoms with Crippen molar-refractivity contribution in [3.05, 3.63) is 50.5 Å². The lowest BCUT2D eigenvalue weighted by molar-refractivity contribution is -0.131. The van der Waals surface area contributed by atoms with Crippen molar-refractivity contribution in [1.29, 1.82) is 0 Å². The number of hydrogen-bond acceptors (Lipinski definition) is 6. The van der Waals surface area contributed by atoms with E-state index in [0.29, 0.717) is 0 Å². The standard InChI is InChI=1S/C23H29F3IN3O5Si/c1-23(2,3)36(4,5)35-9-8-34-30-22(33)15-10-14(12-28-18(32)13-31)19(25)20(26)21(15)29-17-6-7-27-11-16(17)24/h6-7,10-11,13,29H,8-9,12H2,1-5H3,(H,28,32)(H,30,33). The first-order valence-electron chi connectivity index (χ1n) is 10.9. The zero-order valence-corrected chi connectivity index (χ0v) is 23.7. The number of hydrogen-bond donors (Lipinski definition) is 3. The predicted octanol–water partition coefficient (Wildman–Crippen LogP) is 4.36. The molecular weight excluding hydrogens is 610 g/mol. The van der Waals surface area contributed by atoms with Gasteiger partial charge in [-0.15, -0.1) is 0 Å². The Morgan fingerprint density at radius 1 is 1.14 bits per heavy atom. The molecule has 1 heterocycles. The van der Waals surface area contributed by atoms with E-state index in [-0.39, 0.29) is 30.2 Å². The Labute approximate surface area is 218 Å². The second-order valence-corrected chi connectivity index (χ2v) is 16.1. The lowest BCUT2D eigenvalue weighted by Crippen LogP contribution is -2.42. The number of rotatable bonds is 11. The van der Waals surface area contributed by atoms with Crippen molar-refractivity contribution in [3.8, 4) is 0 Å². The fourth-order valence-corrected chi connectivity index (χ4v) is 5.08. The van der Waals surface area contributed by atoms with Crippen LogP contribution in [0.3, 0.4) is 0 Å². The molecule has 2 rings (SSSR count). The fraction of sp³-hybridized carbons (Fsp3) is 0.391. The van der Waals surface area contributed by atoms with Gasteiger partial charge in [0.15, 0.2) is 25.8 Å². The van der Waals surface area contributed by atoms with Crippen molar-refractivity contribution < 1.29 is 36.8 Å². The van der Waals surface area contributed by atoms with Crippen LogP contribution in [0.15, 0.2) is 27.7 Å². The minimum atomic E-state index is -2.03. The number of halogens is 4. The van der Waals surface area contributed by atoms with Crippen LogP contribution in [0.2, 0.25) is 18.1 Å². The Kier molecular flexibility index (Phi) is 10.6. The Morgan fingerprint density at radius 2 is 1.83 bits per heavy atom. The fourth-order valence-electron chi connectivity index (χ4n) is 2.62. The highest BCUT2D eigenvalue weighted by Crippen LogP contribution is 2.36. The van der Waals surface area contributed by atoms with E-state index in [1.807, 2.05) is 0 Å². The summed E-state index contributed by atoms with van der Waals surface area (Å²) in [5.74, 6) is -5.48. The molecule has 1 aromatic carbocycles. The molecule has 1 aliphatic rings. The van der Waals surface area contributed by atoms with Crippen molar-refractivity contribution in [2.45, 2.75) is 45.4 Å². The summed E-state index contributed by atoms with van der Waals surface area (Å²) in [6.07, 6.45) is 1.36. The Morgan fingerprint density at radius 3 is 2.44 bits per heavy atom. The smallest absolute Gasteiger partial charge is 0.284 e. The molecule has 0 radical (unpaired) electrons. The number of benzene rings is 1. The minimum Gasteiger partial charge on any atom is -0.414 e. The average molecular weight is 639 g/mol. The van der Waals surface area contributed by atoms with Gasteiger partial charge in [0.25, 0.3) is 11.8 Å². The monoisotopic (exact) mass is 639 g/mol. The van der Waals surface area contributed by atoms with Crippen molar-refractivity contribution >= 4 is 56.8 Å². The largest absolute Gasteiger partial charge is 0.414 e. The van der Waals surface area contributed by atoms with Crippen molar-refractivity contribution in [2.24, 2.45) is 0 Å². The lowest BCUT2D eigenvalue weighted by Gasteiger charge is -2.36. The molecule has 0 aromatic heterocycles. The number of carbonyl (C=O) groups excluding carboxylic acids is 3. The van der Waals surface area contributed by atoms with Gasteiger partial charge in [0.1, 0.15) is 0 Å². The van der Waals surface area contributed by atoms with Gasteiger partial charge in [-0.3, -0.25) is 19.2 Å². The van der Waals surface area contributed by atoms with Crippen molar-refractivity contribution in [2.75, 3.05) is 18.5 Å². The van der Waals surface area contributed by atoms with Crippen LogP contribution in [0.5, 0.6) is 0 Å². The van der Waals surface area contributed by atoms with Gasteiger partial charge in [0.05, 0.1) is 30.2 Å². The average Bonchev–Trinajstić information content (AvgIpc) is 2.81. The van der Waals surface area contributed by atoms with Gasteiger partial charge in [-0.1, -0.05) is 41.5 Å². The third-order valence-corrected chi connectivity index (χ3v) is 11.9. The van der Waals surface area contributed by atoms with Gasteiger partial charge in [0.2, 0.25) is 6.29 Å². The Hall–Kier alpha value is -2.36. The number of amides is 2. The second-order valence-electron chi connectivity index (χ2n) is 9.22. The Bertz CT molecular complexity index is 1120. The number of allylic oxidation sites excluding steroid dienone is 2. The number of carbonyl (C=O) groups is 3. The normalized spacial score (nSPS) is 13.8. The zero-order valence-electron chi connectivity index (χ0n) is 20.6. The van der Waals surface area contributed by atoms with Gasteiger partial charge in [-0.05, 0) is 34.4 Å². The summed E-state index contributed by atoms with van der Waals surface area (Å²) in [6, 6.07) is 0.984. The maximum atomic E-state index is 15.0. The summed E-state index contributed by atoms with van der Waals surface area (Å²) < 4.78 is 52.9. The molecule has 0 bridgehead atoms. The molecule has 8 nitrogen and oxygen atoms in total. The molecule has 3 N–H and O–H groups in total. The van der Waals surface area contributed by atoms with E-state index in [1.165, 1.54) is 10.1 Å². The first kappa shape index (κ1) is 29.9. The van der Waals surface area contributed by atoms with E-state index in [1.54, 1.807) is 4.08 Å². The molecule has 0 saturated carbocycles. The molecule has 13 heteroatoms. The van der Waals surface area contributed by atoms with Crippen LogP contribution in [0.4, 0.5) is 18.9 Å². The van der Waals surface area contributed by atoms with E-state index in [0.717, 1.165) is 6.07 Å². The van der Waals surface area contributed by atoms with Gasteiger partial charge < -0.3 is 15.1 Å². The van der Waals surface area contributed by atoms with E-state index in [4.69, 9.17) is 9.26 Å². The van der Waals surface area contributed by atoms with Gasteiger partial charge >= 0.3 is 0 Å². The van der Waals surface area contributed by atoms with Crippen LogP contribution in [0.25, 0.3) is 0 Å². The van der Waals surface area contributed by atoms with Crippen LogP contribution in [-0.2, 0) is 25.4 Å². The summed E-state index contributed by atoms with van der Waals surface area (Å²) >= 11 is -0.635. The van der Waals surface area contributed by atoms with Gasteiger partial charge in [-0.2, -0.15) is 0 Å². The maximum Gasteiger partial charge on any atom is 0.284 e. The summed E-state index contributed by atoms with van der Waals surface area (Å²) in [6.45, 7) is 9.98. The quantitative estimate of drug-likeness (QED) is 0.0831. The highest BCUT2D eigenvalue weighted by atomic mass is 127. The molecule has 0 aliphatic carbocycles. The first-order chi connectivity index (χ1) is 16.8. The van der Waals surface area contributed by atoms with E-state index >= 15 is 4.39 Å². The third-order valence-electron chi connectivity index (χ3n) is 5.68. The highest BCUT2D eigenvalue weighted by molar-refractivity contribution is 14.2. The topological polar surface area (TPSA) is 106 Å². The highest BCUT2D eigenvalue weighted by Gasteiger charge is 2.37. The molecule has 0 fully saturated rings. The van der Waals surface area contributed by atoms with Crippen LogP contribution < -0.4 is 16.1 Å². The number of aldehydes is 1. The molecule has 0 unspecified atom stereocenters.